The molecular weight excluding hydrogens is 338 g/mol. The number of rotatable bonds is 5. The highest BCUT2D eigenvalue weighted by Gasteiger charge is 2.18. The summed E-state index contributed by atoms with van der Waals surface area (Å²) in [5.74, 6) is -0.308. The lowest BCUT2D eigenvalue weighted by Gasteiger charge is -2.17. The Labute approximate surface area is 132 Å². The lowest BCUT2D eigenvalue weighted by molar-refractivity contribution is 0.336. The molecule has 112 valence electrons. The summed E-state index contributed by atoms with van der Waals surface area (Å²) in [4.78, 5) is -0.217. The molecule has 1 atom stereocenters. The molecule has 0 aromatic heterocycles. The van der Waals surface area contributed by atoms with Crippen LogP contribution in [0.3, 0.4) is 0 Å². The van der Waals surface area contributed by atoms with Crippen LogP contribution in [0.5, 0.6) is 5.75 Å². The number of aryl methyl sites for hydroxylation is 1. The SMILES string of the molecule is CCOc1ccc(C)cc1C(Br)Cc1c(F)cccc1F. The Kier molecular flexibility index (Phi) is 5.34. The van der Waals surface area contributed by atoms with Crippen molar-refractivity contribution in [2.75, 3.05) is 6.61 Å². The van der Waals surface area contributed by atoms with Crippen molar-refractivity contribution >= 4 is 15.9 Å². The summed E-state index contributed by atoms with van der Waals surface area (Å²) in [5.41, 5.74) is 2.06. The molecule has 0 fully saturated rings. The van der Waals surface area contributed by atoms with Crippen LogP contribution in [0.15, 0.2) is 36.4 Å². The number of hydrogen-bond donors (Lipinski definition) is 0. The minimum Gasteiger partial charge on any atom is -0.494 e. The summed E-state index contributed by atoms with van der Waals surface area (Å²) < 4.78 is 33.1. The molecule has 1 nitrogen and oxygen atoms in total. The summed E-state index contributed by atoms with van der Waals surface area (Å²) >= 11 is 3.53. The largest absolute Gasteiger partial charge is 0.494 e. The minimum atomic E-state index is -0.523. The van der Waals surface area contributed by atoms with Crippen molar-refractivity contribution in [2.24, 2.45) is 0 Å². The van der Waals surface area contributed by atoms with E-state index in [1.165, 1.54) is 18.2 Å². The van der Waals surface area contributed by atoms with E-state index in [2.05, 4.69) is 15.9 Å². The van der Waals surface area contributed by atoms with Crippen molar-refractivity contribution in [2.45, 2.75) is 25.1 Å². The lowest BCUT2D eigenvalue weighted by Crippen LogP contribution is -2.04. The minimum absolute atomic E-state index is 0.0864. The van der Waals surface area contributed by atoms with Gasteiger partial charge in [0.2, 0.25) is 0 Å². The smallest absolute Gasteiger partial charge is 0.129 e. The molecule has 2 aromatic rings. The van der Waals surface area contributed by atoms with Gasteiger partial charge in [-0.25, -0.2) is 8.78 Å². The molecule has 4 heteroatoms. The molecule has 2 aromatic carbocycles. The second-order valence-corrected chi connectivity index (χ2v) is 5.95. The van der Waals surface area contributed by atoms with Gasteiger partial charge >= 0.3 is 0 Å². The first-order chi connectivity index (χ1) is 10.0. The standard InChI is InChI=1S/C17H17BrF2O/c1-3-21-17-8-7-11(2)9-12(17)14(18)10-13-15(19)5-4-6-16(13)20/h4-9,14H,3,10H2,1-2H3. The van der Waals surface area contributed by atoms with Gasteiger partial charge < -0.3 is 4.74 Å². The molecule has 21 heavy (non-hydrogen) atoms. The molecule has 0 N–H and O–H groups in total. The maximum atomic E-state index is 13.8. The van der Waals surface area contributed by atoms with Gasteiger partial charge in [0.05, 0.1) is 6.61 Å². The van der Waals surface area contributed by atoms with Crippen molar-refractivity contribution in [3.8, 4) is 5.75 Å². The average Bonchev–Trinajstić information content (AvgIpc) is 2.45. The molecular formula is C17H17BrF2O. The predicted molar refractivity (Wildman–Crippen MR) is 84.1 cm³/mol. The number of ether oxygens (including phenoxy) is 1. The molecule has 0 saturated carbocycles. The summed E-state index contributed by atoms with van der Waals surface area (Å²) in [5, 5.41) is 0. The quantitative estimate of drug-likeness (QED) is 0.657. The van der Waals surface area contributed by atoms with E-state index in [4.69, 9.17) is 4.74 Å². The Bertz CT molecular complexity index is 608. The molecule has 0 aliphatic heterocycles. The number of halogens is 3. The first kappa shape index (κ1) is 16.0. The van der Waals surface area contributed by atoms with Gasteiger partial charge in [-0.05, 0) is 38.5 Å². The van der Waals surface area contributed by atoms with E-state index in [-0.39, 0.29) is 16.8 Å². The van der Waals surface area contributed by atoms with Crippen LogP contribution in [-0.2, 0) is 6.42 Å². The normalized spacial score (nSPS) is 12.2. The van der Waals surface area contributed by atoms with E-state index in [1.54, 1.807) is 0 Å². The van der Waals surface area contributed by atoms with Gasteiger partial charge in [0.15, 0.2) is 0 Å². The molecule has 0 saturated heterocycles. The third-order valence-corrected chi connectivity index (χ3v) is 4.06. The van der Waals surface area contributed by atoms with E-state index >= 15 is 0 Å². The number of benzene rings is 2. The summed E-state index contributed by atoms with van der Waals surface area (Å²) in [6, 6.07) is 9.74. The maximum Gasteiger partial charge on any atom is 0.129 e. The van der Waals surface area contributed by atoms with Gasteiger partial charge in [-0.3, -0.25) is 0 Å². The molecule has 0 amide bonds. The first-order valence-electron chi connectivity index (χ1n) is 6.83. The van der Waals surface area contributed by atoms with Crippen LogP contribution in [0, 0.1) is 18.6 Å². The van der Waals surface area contributed by atoms with Crippen molar-refractivity contribution in [1.82, 2.24) is 0 Å². The van der Waals surface area contributed by atoms with E-state index < -0.39 is 11.6 Å². The van der Waals surface area contributed by atoms with Crippen LogP contribution in [-0.4, -0.2) is 6.61 Å². The van der Waals surface area contributed by atoms with E-state index in [9.17, 15) is 8.78 Å². The van der Waals surface area contributed by atoms with Crippen LogP contribution in [0.2, 0.25) is 0 Å². The monoisotopic (exact) mass is 354 g/mol. The molecule has 0 aliphatic rings. The maximum absolute atomic E-state index is 13.8. The molecule has 0 radical (unpaired) electrons. The fourth-order valence-corrected chi connectivity index (χ4v) is 2.90. The van der Waals surface area contributed by atoms with E-state index in [0.29, 0.717) is 6.61 Å². The van der Waals surface area contributed by atoms with Crippen molar-refractivity contribution < 1.29 is 13.5 Å². The van der Waals surface area contributed by atoms with Crippen LogP contribution >= 0.6 is 15.9 Å². The Hall–Kier alpha value is -1.42. The average molecular weight is 355 g/mol. The fourth-order valence-electron chi connectivity index (χ4n) is 2.22. The van der Waals surface area contributed by atoms with Crippen LogP contribution in [0.25, 0.3) is 0 Å². The third kappa shape index (κ3) is 3.82. The van der Waals surface area contributed by atoms with Crippen LogP contribution in [0.1, 0.15) is 28.4 Å². The van der Waals surface area contributed by atoms with Gasteiger partial charge in [0.25, 0.3) is 0 Å². The first-order valence-corrected chi connectivity index (χ1v) is 7.74. The second-order valence-electron chi connectivity index (χ2n) is 4.85. The van der Waals surface area contributed by atoms with Crippen molar-refractivity contribution in [3.05, 3.63) is 64.7 Å². The Morgan fingerprint density at radius 3 is 2.43 bits per heavy atom. The highest BCUT2D eigenvalue weighted by Crippen LogP contribution is 2.35. The predicted octanol–water partition coefficient (Wildman–Crippen LogP) is 5.35. The highest BCUT2D eigenvalue weighted by molar-refractivity contribution is 9.09. The molecule has 0 heterocycles. The molecule has 0 bridgehead atoms. The van der Waals surface area contributed by atoms with E-state index in [0.717, 1.165) is 16.9 Å². The Morgan fingerprint density at radius 2 is 1.81 bits per heavy atom. The zero-order valence-corrected chi connectivity index (χ0v) is 13.6. The summed E-state index contributed by atoms with van der Waals surface area (Å²) in [7, 11) is 0. The van der Waals surface area contributed by atoms with Gasteiger partial charge in [-0.2, -0.15) is 0 Å². The fraction of sp³-hybridized carbons (Fsp3) is 0.294. The molecule has 1 unspecified atom stereocenters. The van der Waals surface area contributed by atoms with Gasteiger partial charge in [0.1, 0.15) is 17.4 Å². The van der Waals surface area contributed by atoms with Crippen LogP contribution in [0.4, 0.5) is 8.78 Å². The van der Waals surface area contributed by atoms with Crippen molar-refractivity contribution in [3.63, 3.8) is 0 Å². The molecule has 0 spiro atoms. The number of alkyl halides is 1. The van der Waals surface area contributed by atoms with Gasteiger partial charge in [0, 0.05) is 16.0 Å². The van der Waals surface area contributed by atoms with Crippen LogP contribution < -0.4 is 4.74 Å². The zero-order valence-electron chi connectivity index (χ0n) is 12.0. The topological polar surface area (TPSA) is 9.23 Å². The zero-order chi connectivity index (χ0) is 15.4. The lowest BCUT2D eigenvalue weighted by atomic mass is 10.0. The van der Waals surface area contributed by atoms with Gasteiger partial charge in [-0.15, -0.1) is 0 Å². The van der Waals surface area contributed by atoms with Crippen molar-refractivity contribution in [1.29, 1.82) is 0 Å². The Morgan fingerprint density at radius 1 is 1.14 bits per heavy atom. The van der Waals surface area contributed by atoms with E-state index in [1.807, 2.05) is 32.0 Å². The van der Waals surface area contributed by atoms with Gasteiger partial charge in [-0.1, -0.05) is 39.7 Å². The highest BCUT2D eigenvalue weighted by atomic mass is 79.9. The number of hydrogen-bond acceptors (Lipinski definition) is 1. The summed E-state index contributed by atoms with van der Waals surface area (Å²) in [6.07, 6.45) is 0.224. The molecule has 0 aliphatic carbocycles. The third-order valence-electron chi connectivity index (χ3n) is 3.25. The molecule has 2 rings (SSSR count). The Balaban J connectivity index is 2.32. The second kappa shape index (κ2) is 7.03. The summed E-state index contributed by atoms with van der Waals surface area (Å²) in [6.45, 7) is 4.43.